The number of nitrogens with one attached hydrogen (secondary N) is 2. The Labute approximate surface area is 159 Å². The maximum absolute atomic E-state index is 12.5. The molecule has 0 aliphatic heterocycles. The Kier molecular flexibility index (Phi) is 5.50. The van der Waals surface area contributed by atoms with Crippen LogP contribution in [0.15, 0.2) is 48.5 Å². The molecule has 0 aliphatic carbocycles. The third kappa shape index (κ3) is 4.91. The van der Waals surface area contributed by atoms with Crippen molar-refractivity contribution in [3.63, 3.8) is 0 Å². The Balaban J connectivity index is 1.75. The van der Waals surface area contributed by atoms with Crippen molar-refractivity contribution in [2.75, 3.05) is 5.32 Å². The lowest BCUT2D eigenvalue weighted by Crippen LogP contribution is -2.24. The van der Waals surface area contributed by atoms with Gasteiger partial charge < -0.3 is 10.6 Å². The molecule has 1 amide bonds. The number of hydrogen-bond donors (Lipinski definition) is 2. The molecule has 27 heavy (non-hydrogen) atoms. The first-order valence-electron chi connectivity index (χ1n) is 8.94. The first-order valence-corrected chi connectivity index (χ1v) is 8.94. The zero-order chi connectivity index (χ0) is 19.4. The summed E-state index contributed by atoms with van der Waals surface area (Å²) in [5.74, 6) is 0.202. The number of anilines is 2. The van der Waals surface area contributed by atoms with Gasteiger partial charge in [0.15, 0.2) is 0 Å². The lowest BCUT2D eigenvalue weighted by atomic mass is 10.1. The lowest BCUT2D eigenvalue weighted by molar-refractivity contribution is 0.0945. The monoisotopic (exact) mass is 360 g/mol. The van der Waals surface area contributed by atoms with Gasteiger partial charge >= 0.3 is 0 Å². The van der Waals surface area contributed by atoms with E-state index in [1.54, 1.807) is 6.07 Å². The number of amides is 1. The van der Waals surface area contributed by atoms with Gasteiger partial charge in [-0.15, -0.1) is 0 Å². The average Bonchev–Trinajstić information content (AvgIpc) is 2.62. The SMILES string of the molecule is Cc1cccc(CNC(=O)c2cc(C)nc(Nc3ccc(C)cc3C)n2)c1. The van der Waals surface area contributed by atoms with Gasteiger partial charge in [0, 0.05) is 17.9 Å². The molecule has 3 aromatic rings. The van der Waals surface area contributed by atoms with Crippen LogP contribution >= 0.6 is 0 Å². The van der Waals surface area contributed by atoms with Crippen molar-refractivity contribution in [1.82, 2.24) is 15.3 Å². The third-order valence-electron chi connectivity index (χ3n) is 4.25. The van der Waals surface area contributed by atoms with Crippen molar-refractivity contribution in [3.8, 4) is 0 Å². The van der Waals surface area contributed by atoms with E-state index >= 15 is 0 Å². The number of carbonyl (C=O) groups is 1. The van der Waals surface area contributed by atoms with Gasteiger partial charge in [-0.05, 0) is 51.0 Å². The molecule has 0 bridgehead atoms. The topological polar surface area (TPSA) is 66.9 Å². The Hall–Kier alpha value is -3.21. The van der Waals surface area contributed by atoms with Crippen LogP contribution in [-0.2, 0) is 6.54 Å². The van der Waals surface area contributed by atoms with Crippen molar-refractivity contribution < 1.29 is 4.79 Å². The highest BCUT2D eigenvalue weighted by Crippen LogP contribution is 2.20. The van der Waals surface area contributed by atoms with Gasteiger partial charge in [-0.3, -0.25) is 4.79 Å². The molecule has 1 aromatic heterocycles. The quantitative estimate of drug-likeness (QED) is 0.708. The van der Waals surface area contributed by atoms with Crippen LogP contribution in [0.5, 0.6) is 0 Å². The van der Waals surface area contributed by atoms with Gasteiger partial charge in [0.2, 0.25) is 5.95 Å². The molecule has 0 radical (unpaired) electrons. The number of hydrogen-bond acceptors (Lipinski definition) is 4. The van der Waals surface area contributed by atoms with E-state index in [4.69, 9.17) is 0 Å². The molecule has 1 heterocycles. The van der Waals surface area contributed by atoms with Crippen molar-refractivity contribution >= 4 is 17.5 Å². The fourth-order valence-electron chi connectivity index (χ4n) is 2.91. The van der Waals surface area contributed by atoms with Crippen molar-refractivity contribution in [3.05, 3.63) is 82.2 Å². The summed E-state index contributed by atoms with van der Waals surface area (Å²) in [5, 5.41) is 6.14. The predicted octanol–water partition coefficient (Wildman–Crippen LogP) is 4.38. The summed E-state index contributed by atoms with van der Waals surface area (Å²) in [6.07, 6.45) is 0. The Morgan fingerprint density at radius 1 is 0.926 bits per heavy atom. The molecule has 0 saturated heterocycles. The van der Waals surface area contributed by atoms with Gasteiger partial charge in [0.25, 0.3) is 5.91 Å². The van der Waals surface area contributed by atoms with E-state index in [9.17, 15) is 4.79 Å². The third-order valence-corrected chi connectivity index (χ3v) is 4.25. The Morgan fingerprint density at radius 3 is 2.44 bits per heavy atom. The highest BCUT2D eigenvalue weighted by molar-refractivity contribution is 5.92. The number of aryl methyl sites for hydroxylation is 4. The number of rotatable bonds is 5. The maximum Gasteiger partial charge on any atom is 0.270 e. The summed E-state index contributed by atoms with van der Waals surface area (Å²) in [6, 6.07) is 15.9. The van der Waals surface area contributed by atoms with Crippen LogP contribution in [-0.4, -0.2) is 15.9 Å². The van der Waals surface area contributed by atoms with E-state index in [1.807, 2.05) is 51.1 Å². The molecule has 0 saturated carbocycles. The van der Waals surface area contributed by atoms with Gasteiger partial charge in [-0.25, -0.2) is 9.97 Å². The van der Waals surface area contributed by atoms with Gasteiger partial charge in [-0.2, -0.15) is 0 Å². The average molecular weight is 360 g/mol. The second kappa shape index (κ2) is 7.99. The molecule has 0 fully saturated rings. The van der Waals surface area contributed by atoms with Crippen LogP contribution in [0.2, 0.25) is 0 Å². The second-order valence-electron chi connectivity index (χ2n) is 6.83. The maximum atomic E-state index is 12.5. The van der Waals surface area contributed by atoms with Crippen LogP contribution in [0.25, 0.3) is 0 Å². The fraction of sp³-hybridized carbons (Fsp3) is 0.227. The van der Waals surface area contributed by atoms with E-state index in [2.05, 4.69) is 39.7 Å². The predicted molar refractivity (Wildman–Crippen MR) is 108 cm³/mol. The zero-order valence-electron chi connectivity index (χ0n) is 16.1. The fourth-order valence-corrected chi connectivity index (χ4v) is 2.91. The minimum Gasteiger partial charge on any atom is -0.347 e. The molecule has 0 unspecified atom stereocenters. The van der Waals surface area contributed by atoms with E-state index in [-0.39, 0.29) is 5.91 Å². The Morgan fingerprint density at radius 2 is 1.70 bits per heavy atom. The van der Waals surface area contributed by atoms with Gasteiger partial charge in [0.05, 0.1) is 0 Å². The molecule has 0 aliphatic rings. The highest BCUT2D eigenvalue weighted by Gasteiger charge is 2.11. The molecule has 0 spiro atoms. The van der Waals surface area contributed by atoms with Crippen LogP contribution in [0.3, 0.4) is 0 Å². The summed E-state index contributed by atoms with van der Waals surface area (Å²) in [7, 11) is 0. The molecule has 3 rings (SSSR count). The minimum absolute atomic E-state index is 0.217. The van der Waals surface area contributed by atoms with Gasteiger partial charge in [-0.1, -0.05) is 47.5 Å². The lowest BCUT2D eigenvalue weighted by Gasteiger charge is -2.11. The van der Waals surface area contributed by atoms with E-state index in [0.29, 0.717) is 18.2 Å². The van der Waals surface area contributed by atoms with Crippen LogP contribution < -0.4 is 10.6 Å². The summed E-state index contributed by atoms with van der Waals surface area (Å²) < 4.78 is 0. The number of nitrogens with zero attached hydrogens (tertiary/aromatic N) is 2. The standard InChI is InChI=1S/C22H24N4O/c1-14-6-5-7-18(11-14)13-23-21(27)20-12-17(4)24-22(26-20)25-19-9-8-15(2)10-16(19)3/h5-12H,13H2,1-4H3,(H,23,27)(H,24,25,26). The largest absolute Gasteiger partial charge is 0.347 e. The minimum atomic E-state index is -0.217. The Bertz CT molecular complexity index is 982. The summed E-state index contributed by atoms with van der Waals surface area (Å²) in [5.41, 5.74) is 6.53. The first-order chi connectivity index (χ1) is 12.9. The van der Waals surface area contributed by atoms with Crippen LogP contribution in [0.1, 0.15) is 38.4 Å². The normalized spacial score (nSPS) is 10.5. The number of carbonyl (C=O) groups excluding carboxylic acids is 1. The highest BCUT2D eigenvalue weighted by atomic mass is 16.1. The van der Waals surface area contributed by atoms with Gasteiger partial charge in [0.1, 0.15) is 5.69 Å². The summed E-state index contributed by atoms with van der Waals surface area (Å²) in [6.45, 7) is 8.43. The molecule has 5 heteroatoms. The molecule has 2 N–H and O–H groups in total. The number of aromatic nitrogens is 2. The van der Waals surface area contributed by atoms with Crippen molar-refractivity contribution in [2.24, 2.45) is 0 Å². The molecular weight excluding hydrogens is 336 g/mol. The number of benzene rings is 2. The molecule has 0 atom stereocenters. The molecule has 138 valence electrons. The zero-order valence-corrected chi connectivity index (χ0v) is 16.1. The summed E-state index contributed by atoms with van der Waals surface area (Å²) >= 11 is 0. The van der Waals surface area contributed by atoms with Crippen LogP contribution in [0.4, 0.5) is 11.6 Å². The smallest absolute Gasteiger partial charge is 0.270 e. The van der Waals surface area contributed by atoms with Crippen LogP contribution in [0, 0.1) is 27.7 Å². The second-order valence-corrected chi connectivity index (χ2v) is 6.83. The van der Waals surface area contributed by atoms with E-state index in [1.165, 1.54) is 11.1 Å². The van der Waals surface area contributed by atoms with Crippen molar-refractivity contribution in [1.29, 1.82) is 0 Å². The molecule has 5 nitrogen and oxygen atoms in total. The first kappa shape index (κ1) is 18.6. The summed E-state index contributed by atoms with van der Waals surface area (Å²) in [4.78, 5) is 21.3. The van der Waals surface area contributed by atoms with E-state index in [0.717, 1.165) is 22.5 Å². The molecule has 2 aromatic carbocycles. The van der Waals surface area contributed by atoms with Crippen molar-refractivity contribution in [2.45, 2.75) is 34.2 Å². The van der Waals surface area contributed by atoms with E-state index < -0.39 is 0 Å². The molecular formula is C22H24N4O.